The maximum atomic E-state index is 13.0. The van der Waals surface area contributed by atoms with Crippen molar-refractivity contribution in [2.45, 2.75) is 25.7 Å². The van der Waals surface area contributed by atoms with E-state index in [-0.39, 0.29) is 11.7 Å². The minimum Gasteiger partial charge on any atom is -0.496 e. The SMILES string of the molecule is CCc1ccc(OC)c(CC(CN)c2ccc(F)cc2)c1. The van der Waals surface area contributed by atoms with E-state index in [2.05, 4.69) is 19.1 Å². The Labute approximate surface area is 125 Å². The lowest BCUT2D eigenvalue weighted by molar-refractivity contribution is 0.408. The van der Waals surface area contributed by atoms with E-state index in [1.807, 2.05) is 18.2 Å². The lowest BCUT2D eigenvalue weighted by atomic mass is 9.91. The molecule has 112 valence electrons. The summed E-state index contributed by atoms with van der Waals surface area (Å²) in [7, 11) is 1.68. The highest BCUT2D eigenvalue weighted by Gasteiger charge is 2.14. The van der Waals surface area contributed by atoms with Crippen LogP contribution in [0.1, 0.15) is 29.5 Å². The summed E-state index contributed by atoms with van der Waals surface area (Å²) in [5.74, 6) is 0.819. The van der Waals surface area contributed by atoms with E-state index in [9.17, 15) is 4.39 Å². The lowest BCUT2D eigenvalue weighted by Gasteiger charge is -2.18. The maximum absolute atomic E-state index is 13.0. The van der Waals surface area contributed by atoms with Crippen molar-refractivity contribution in [3.05, 3.63) is 65.0 Å². The van der Waals surface area contributed by atoms with Crippen molar-refractivity contribution < 1.29 is 9.13 Å². The number of methoxy groups -OCH3 is 1. The molecule has 0 spiro atoms. The zero-order valence-corrected chi connectivity index (χ0v) is 12.6. The van der Waals surface area contributed by atoms with Gasteiger partial charge in [0.1, 0.15) is 11.6 Å². The van der Waals surface area contributed by atoms with Gasteiger partial charge < -0.3 is 10.5 Å². The van der Waals surface area contributed by atoms with E-state index in [1.54, 1.807) is 7.11 Å². The predicted molar refractivity (Wildman–Crippen MR) is 84.3 cm³/mol. The van der Waals surface area contributed by atoms with Gasteiger partial charge in [-0.15, -0.1) is 0 Å². The monoisotopic (exact) mass is 287 g/mol. The molecule has 0 fully saturated rings. The summed E-state index contributed by atoms with van der Waals surface area (Å²) in [5.41, 5.74) is 9.40. The molecule has 0 amide bonds. The molecule has 0 bridgehead atoms. The number of halogens is 1. The van der Waals surface area contributed by atoms with Gasteiger partial charge in [-0.25, -0.2) is 4.39 Å². The first-order chi connectivity index (χ1) is 10.2. The topological polar surface area (TPSA) is 35.2 Å². The van der Waals surface area contributed by atoms with Crippen LogP contribution in [0.2, 0.25) is 0 Å². The lowest BCUT2D eigenvalue weighted by Crippen LogP contribution is -2.15. The molecule has 0 aliphatic rings. The highest BCUT2D eigenvalue weighted by molar-refractivity contribution is 5.39. The minimum absolute atomic E-state index is 0.159. The van der Waals surface area contributed by atoms with Gasteiger partial charge in [0, 0.05) is 5.92 Å². The first-order valence-corrected chi connectivity index (χ1v) is 7.29. The normalized spacial score (nSPS) is 12.2. The second-order valence-electron chi connectivity index (χ2n) is 5.19. The third-order valence-corrected chi connectivity index (χ3v) is 3.85. The average Bonchev–Trinajstić information content (AvgIpc) is 2.53. The first-order valence-electron chi connectivity index (χ1n) is 7.29. The molecule has 2 aromatic rings. The molecule has 0 heterocycles. The average molecular weight is 287 g/mol. The molecule has 2 N–H and O–H groups in total. The van der Waals surface area contributed by atoms with Crippen LogP contribution in [0.5, 0.6) is 5.75 Å². The van der Waals surface area contributed by atoms with E-state index >= 15 is 0 Å². The fraction of sp³-hybridized carbons (Fsp3) is 0.333. The largest absolute Gasteiger partial charge is 0.496 e. The standard InChI is InChI=1S/C18H22FNO/c1-3-13-4-9-18(21-2)15(10-13)11-16(12-20)14-5-7-17(19)8-6-14/h4-10,16H,3,11-12,20H2,1-2H3. The van der Waals surface area contributed by atoms with Crippen LogP contribution in [0.3, 0.4) is 0 Å². The highest BCUT2D eigenvalue weighted by Crippen LogP contribution is 2.27. The highest BCUT2D eigenvalue weighted by atomic mass is 19.1. The van der Waals surface area contributed by atoms with Crippen molar-refractivity contribution in [3.63, 3.8) is 0 Å². The van der Waals surface area contributed by atoms with E-state index in [0.717, 1.165) is 29.7 Å². The van der Waals surface area contributed by atoms with Gasteiger partial charge in [-0.3, -0.25) is 0 Å². The van der Waals surface area contributed by atoms with Crippen LogP contribution in [0.15, 0.2) is 42.5 Å². The van der Waals surface area contributed by atoms with E-state index < -0.39 is 0 Å². The first kappa shape index (κ1) is 15.5. The molecule has 0 aromatic heterocycles. The summed E-state index contributed by atoms with van der Waals surface area (Å²) in [6.07, 6.45) is 1.78. The Balaban J connectivity index is 2.27. The van der Waals surface area contributed by atoms with Gasteiger partial charge in [-0.2, -0.15) is 0 Å². The molecule has 0 radical (unpaired) electrons. The van der Waals surface area contributed by atoms with Gasteiger partial charge in [0.15, 0.2) is 0 Å². The van der Waals surface area contributed by atoms with Crippen LogP contribution in [0.4, 0.5) is 4.39 Å². The van der Waals surface area contributed by atoms with Gasteiger partial charge in [-0.05, 0) is 54.3 Å². The van der Waals surface area contributed by atoms with Crippen molar-refractivity contribution in [1.82, 2.24) is 0 Å². The number of benzene rings is 2. The molecule has 2 rings (SSSR count). The molecule has 1 unspecified atom stereocenters. The smallest absolute Gasteiger partial charge is 0.123 e. The quantitative estimate of drug-likeness (QED) is 0.879. The molecule has 0 saturated heterocycles. The Hall–Kier alpha value is -1.87. The Kier molecular flexibility index (Phi) is 5.34. The van der Waals surface area contributed by atoms with Gasteiger partial charge in [0.25, 0.3) is 0 Å². The zero-order chi connectivity index (χ0) is 15.2. The Morgan fingerprint density at radius 2 is 1.86 bits per heavy atom. The van der Waals surface area contributed by atoms with Gasteiger partial charge in [-0.1, -0.05) is 31.2 Å². The van der Waals surface area contributed by atoms with Crippen molar-refractivity contribution >= 4 is 0 Å². The van der Waals surface area contributed by atoms with Gasteiger partial charge in [0.05, 0.1) is 7.11 Å². The predicted octanol–water partition coefficient (Wildman–Crippen LogP) is 3.68. The number of ether oxygens (including phenoxy) is 1. The molecular weight excluding hydrogens is 265 g/mol. The summed E-state index contributed by atoms with van der Waals surface area (Å²) >= 11 is 0. The maximum Gasteiger partial charge on any atom is 0.123 e. The molecule has 3 heteroatoms. The number of hydrogen-bond donors (Lipinski definition) is 1. The summed E-state index contributed by atoms with van der Waals surface area (Å²) in [5, 5.41) is 0. The van der Waals surface area contributed by atoms with Crippen molar-refractivity contribution in [3.8, 4) is 5.75 Å². The summed E-state index contributed by atoms with van der Waals surface area (Å²) in [4.78, 5) is 0. The number of rotatable bonds is 6. The van der Waals surface area contributed by atoms with Crippen LogP contribution in [0.25, 0.3) is 0 Å². The van der Waals surface area contributed by atoms with Crippen molar-refractivity contribution in [1.29, 1.82) is 0 Å². The van der Waals surface area contributed by atoms with Crippen LogP contribution in [-0.4, -0.2) is 13.7 Å². The van der Waals surface area contributed by atoms with Gasteiger partial charge in [0.2, 0.25) is 0 Å². The summed E-state index contributed by atoms with van der Waals surface area (Å²) in [6.45, 7) is 2.65. The molecular formula is C18H22FNO. The molecule has 1 atom stereocenters. The van der Waals surface area contributed by atoms with Crippen LogP contribution < -0.4 is 10.5 Å². The number of aryl methyl sites for hydroxylation is 1. The van der Waals surface area contributed by atoms with Crippen LogP contribution >= 0.6 is 0 Å². The molecule has 2 aromatic carbocycles. The van der Waals surface area contributed by atoms with Crippen LogP contribution in [-0.2, 0) is 12.8 Å². The van der Waals surface area contributed by atoms with E-state index in [0.29, 0.717) is 6.54 Å². The molecule has 2 nitrogen and oxygen atoms in total. The molecule has 0 saturated carbocycles. The van der Waals surface area contributed by atoms with Crippen molar-refractivity contribution in [2.75, 3.05) is 13.7 Å². The van der Waals surface area contributed by atoms with E-state index in [1.165, 1.54) is 17.7 Å². The number of nitrogens with two attached hydrogens (primary N) is 1. The third-order valence-electron chi connectivity index (χ3n) is 3.85. The third kappa shape index (κ3) is 3.82. The minimum atomic E-state index is -0.222. The summed E-state index contributed by atoms with van der Waals surface area (Å²) in [6, 6.07) is 12.8. The summed E-state index contributed by atoms with van der Waals surface area (Å²) < 4.78 is 18.5. The molecule has 0 aliphatic carbocycles. The van der Waals surface area contributed by atoms with Gasteiger partial charge >= 0.3 is 0 Å². The fourth-order valence-electron chi connectivity index (χ4n) is 2.55. The fourth-order valence-corrected chi connectivity index (χ4v) is 2.55. The Bertz CT molecular complexity index is 580. The second kappa shape index (κ2) is 7.23. The molecule has 21 heavy (non-hydrogen) atoms. The number of hydrogen-bond acceptors (Lipinski definition) is 2. The second-order valence-corrected chi connectivity index (χ2v) is 5.19. The Morgan fingerprint density at radius 1 is 1.14 bits per heavy atom. The van der Waals surface area contributed by atoms with Crippen LogP contribution in [0, 0.1) is 5.82 Å². The van der Waals surface area contributed by atoms with Crippen molar-refractivity contribution in [2.24, 2.45) is 5.73 Å². The van der Waals surface area contributed by atoms with E-state index in [4.69, 9.17) is 10.5 Å². The molecule has 0 aliphatic heterocycles. The Morgan fingerprint density at radius 3 is 2.43 bits per heavy atom. The zero-order valence-electron chi connectivity index (χ0n) is 12.6.